The van der Waals surface area contributed by atoms with E-state index >= 15 is 0 Å². The first-order chi connectivity index (χ1) is 11.1. The predicted molar refractivity (Wildman–Crippen MR) is 91.3 cm³/mol. The van der Waals surface area contributed by atoms with Crippen molar-refractivity contribution in [2.24, 2.45) is 0 Å². The third-order valence-corrected chi connectivity index (χ3v) is 3.51. The molecule has 0 aliphatic rings. The van der Waals surface area contributed by atoms with Crippen molar-refractivity contribution >= 4 is 35.2 Å². The van der Waals surface area contributed by atoms with Gasteiger partial charge in [0.05, 0.1) is 0 Å². The van der Waals surface area contributed by atoms with Crippen molar-refractivity contribution in [3.63, 3.8) is 0 Å². The van der Waals surface area contributed by atoms with E-state index in [1.54, 1.807) is 31.2 Å². The lowest BCUT2D eigenvalue weighted by Crippen LogP contribution is -2.20. The Morgan fingerprint density at radius 3 is 2.61 bits per heavy atom. The number of ether oxygens (including phenoxy) is 1. The summed E-state index contributed by atoms with van der Waals surface area (Å²) in [5.41, 5.74) is 2.24. The molecule has 4 nitrogen and oxygen atoms in total. The zero-order valence-corrected chi connectivity index (χ0v) is 13.3. The van der Waals surface area contributed by atoms with Gasteiger partial charge in [-0.15, -0.1) is 0 Å². The van der Waals surface area contributed by atoms with Gasteiger partial charge < -0.3 is 10.1 Å². The minimum atomic E-state index is -0.577. The molecule has 1 amide bonds. The summed E-state index contributed by atoms with van der Waals surface area (Å²) in [6, 6.07) is 14.5. The molecule has 0 aliphatic heterocycles. The Morgan fingerprint density at radius 1 is 1.13 bits per heavy atom. The number of hydrogen-bond acceptors (Lipinski definition) is 3. The second-order valence-electron chi connectivity index (χ2n) is 4.81. The lowest BCUT2D eigenvalue weighted by Gasteiger charge is -2.09. The molecule has 0 heterocycles. The van der Waals surface area contributed by atoms with Gasteiger partial charge in [0.25, 0.3) is 5.91 Å². The summed E-state index contributed by atoms with van der Waals surface area (Å²) in [7, 11) is 0. The summed E-state index contributed by atoms with van der Waals surface area (Å²) >= 11 is 5.98. The molecule has 118 valence electrons. The molecule has 5 heteroatoms. The SMILES string of the molecule is Cc1c(Cl)cccc1NC(=O)COC(=O)C=Cc1ccccc1. The van der Waals surface area contributed by atoms with Crippen LogP contribution in [0.5, 0.6) is 0 Å². The smallest absolute Gasteiger partial charge is 0.331 e. The summed E-state index contributed by atoms with van der Waals surface area (Å²) in [5.74, 6) is -0.997. The molecule has 2 rings (SSSR count). The van der Waals surface area contributed by atoms with Crippen LogP contribution in [0.15, 0.2) is 54.6 Å². The Labute approximate surface area is 139 Å². The quantitative estimate of drug-likeness (QED) is 0.669. The van der Waals surface area contributed by atoms with Gasteiger partial charge in [-0.2, -0.15) is 0 Å². The van der Waals surface area contributed by atoms with Crippen molar-refractivity contribution in [2.45, 2.75) is 6.92 Å². The zero-order chi connectivity index (χ0) is 16.7. The van der Waals surface area contributed by atoms with E-state index in [1.165, 1.54) is 6.08 Å². The van der Waals surface area contributed by atoms with Crippen LogP contribution in [0.1, 0.15) is 11.1 Å². The number of esters is 1. The van der Waals surface area contributed by atoms with Crippen molar-refractivity contribution in [3.8, 4) is 0 Å². The summed E-state index contributed by atoms with van der Waals surface area (Å²) in [6.07, 6.45) is 2.91. The molecule has 0 bridgehead atoms. The maximum atomic E-state index is 11.8. The molecule has 1 N–H and O–H groups in total. The first-order valence-corrected chi connectivity index (χ1v) is 7.39. The second-order valence-corrected chi connectivity index (χ2v) is 5.22. The first-order valence-electron chi connectivity index (χ1n) is 7.01. The number of amides is 1. The second kappa shape index (κ2) is 8.15. The van der Waals surface area contributed by atoms with E-state index in [9.17, 15) is 9.59 Å². The average molecular weight is 330 g/mol. The number of carbonyl (C=O) groups is 2. The van der Waals surface area contributed by atoms with Gasteiger partial charge in [-0.25, -0.2) is 4.79 Å². The van der Waals surface area contributed by atoms with Gasteiger partial charge >= 0.3 is 5.97 Å². The average Bonchev–Trinajstić information content (AvgIpc) is 2.56. The molecule has 0 saturated heterocycles. The number of benzene rings is 2. The minimum absolute atomic E-state index is 0.357. The van der Waals surface area contributed by atoms with Crippen LogP contribution in [0, 0.1) is 6.92 Å². The number of halogens is 1. The summed E-state index contributed by atoms with van der Waals surface area (Å²) in [6.45, 7) is 1.44. The topological polar surface area (TPSA) is 55.4 Å². The summed E-state index contributed by atoms with van der Waals surface area (Å²) in [5, 5.41) is 3.22. The molecular weight excluding hydrogens is 314 g/mol. The maximum absolute atomic E-state index is 11.8. The normalized spacial score (nSPS) is 10.5. The maximum Gasteiger partial charge on any atom is 0.331 e. The van der Waals surface area contributed by atoms with E-state index in [-0.39, 0.29) is 6.61 Å². The molecule has 0 spiro atoms. The van der Waals surface area contributed by atoms with Crippen LogP contribution < -0.4 is 5.32 Å². The Kier molecular flexibility index (Phi) is 5.94. The van der Waals surface area contributed by atoms with Crippen molar-refractivity contribution < 1.29 is 14.3 Å². The Morgan fingerprint density at radius 2 is 1.87 bits per heavy atom. The van der Waals surface area contributed by atoms with Crippen LogP contribution in [0.3, 0.4) is 0 Å². The molecule has 2 aromatic carbocycles. The number of nitrogens with one attached hydrogen (secondary N) is 1. The van der Waals surface area contributed by atoms with Crippen LogP contribution in [0.2, 0.25) is 5.02 Å². The van der Waals surface area contributed by atoms with Crippen LogP contribution in [0.4, 0.5) is 5.69 Å². The van der Waals surface area contributed by atoms with Crippen LogP contribution in [0.25, 0.3) is 6.08 Å². The van der Waals surface area contributed by atoms with Crippen molar-refractivity contribution in [1.29, 1.82) is 0 Å². The summed E-state index contributed by atoms with van der Waals surface area (Å²) in [4.78, 5) is 23.4. The molecule has 0 fully saturated rings. The number of carbonyl (C=O) groups excluding carboxylic acids is 2. The fourth-order valence-electron chi connectivity index (χ4n) is 1.84. The Balaban J connectivity index is 1.83. The van der Waals surface area contributed by atoms with Gasteiger partial charge in [0.15, 0.2) is 6.61 Å². The van der Waals surface area contributed by atoms with E-state index in [0.717, 1.165) is 11.1 Å². The molecule has 0 aromatic heterocycles. The molecule has 0 aliphatic carbocycles. The monoisotopic (exact) mass is 329 g/mol. The highest BCUT2D eigenvalue weighted by molar-refractivity contribution is 6.31. The highest BCUT2D eigenvalue weighted by atomic mass is 35.5. The fourth-order valence-corrected chi connectivity index (χ4v) is 2.02. The molecule has 0 saturated carbocycles. The molecule has 23 heavy (non-hydrogen) atoms. The lowest BCUT2D eigenvalue weighted by molar-refractivity contribution is -0.142. The number of rotatable bonds is 5. The van der Waals surface area contributed by atoms with Crippen molar-refractivity contribution in [3.05, 3.63) is 70.8 Å². The number of hydrogen-bond donors (Lipinski definition) is 1. The van der Waals surface area contributed by atoms with Crippen molar-refractivity contribution in [2.75, 3.05) is 11.9 Å². The molecule has 2 aromatic rings. The van der Waals surface area contributed by atoms with E-state index in [2.05, 4.69) is 5.32 Å². The molecular formula is C18H16ClNO3. The standard InChI is InChI=1S/C18H16ClNO3/c1-13-15(19)8-5-9-16(13)20-17(21)12-23-18(22)11-10-14-6-3-2-4-7-14/h2-11H,12H2,1H3,(H,20,21). The number of anilines is 1. The Bertz CT molecular complexity index is 726. The van der Waals surface area contributed by atoms with Gasteiger partial charge in [-0.05, 0) is 36.3 Å². The molecule has 0 atom stereocenters. The van der Waals surface area contributed by atoms with Gasteiger partial charge in [0, 0.05) is 16.8 Å². The lowest BCUT2D eigenvalue weighted by atomic mass is 10.2. The highest BCUT2D eigenvalue weighted by Crippen LogP contribution is 2.22. The van der Waals surface area contributed by atoms with E-state index in [4.69, 9.17) is 16.3 Å². The van der Waals surface area contributed by atoms with Gasteiger partial charge in [0.1, 0.15) is 0 Å². The van der Waals surface area contributed by atoms with Crippen LogP contribution in [-0.2, 0) is 14.3 Å². The Hall–Kier alpha value is -2.59. The third-order valence-electron chi connectivity index (χ3n) is 3.10. The van der Waals surface area contributed by atoms with E-state index in [0.29, 0.717) is 10.7 Å². The van der Waals surface area contributed by atoms with Gasteiger partial charge in [-0.3, -0.25) is 4.79 Å². The van der Waals surface area contributed by atoms with E-state index < -0.39 is 11.9 Å². The van der Waals surface area contributed by atoms with Crippen LogP contribution >= 0.6 is 11.6 Å². The largest absolute Gasteiger partial charge is 0.452 e. The molecule has 0 unspecified atom stereocenters. The first kappa shape index (κ1) is 16.8. The minimum Gasteiger partial charge on any atom is -0.452 e. The highest BCUT2D eigenvalue weighted by Gasteiger charge is 2.08. The van der Waals surface area contributed by atoms with Crippen LogP contribution in [-0.4, -0.2) is 18.5 Å². The van der Waals surface area contributed by atoms with Crippen molar-refractivity contribution in [1.82, 2.24) is 0 Å². The van der Waals surface area contributed by atoms with Gasteiger partial charge in [0.2, 0.25) is 0 Å². The zero-order valence-electron chi connectivity index (χ0n) is 12.6. The fraction of sp³-hybridized carbons (Fsp3) is 0.111. The predicted octanol–water partition coefficient (Wildman–Crippen LogP) is 3.84. The third kappa shape index (κ3) is 5.27. The van der Waals surface area contributed by atoms with Gasteiger partial charge in [-0.1, -0.05) is 48.0 Å². The molecule has 0 radical (unpaired) electrons. The van der Waals surface area contributed by atoms with E-state index in [1.807, 2.05) is 30.3 Å². The summed E-state index contributed by atoms with van der Waals surface area (Å²) < 4.78 is 4.90.